The van der Waals surface area contributed by atoms with Crippen molar-refractivity contribution < 1.29 is 24.2 Å². The Labute approximate surface area is 110 Å². The second kappa shape index (κ2) is 5.81. The summed E-state index contributed by atoms with van der Waals surface area (Å²) in [4.78, 5) is 25.1. The molecular formula is C13H15NO5. The Morgan fingerprint density at radius 2 is 2.05 bits per heavy atom. The van der Waals surface area contributed by atoms with E-state index in [2.05, 4.69) is 0 Å². The average molecular weight is 265 g/mol. The van der Waals surface area contributed by atoms with E-state index >= 15 is 0 Å². The van der Waals surface area contributed by atoms with E-state index in [9.17, 15) is 9.59 Å². The van der Waals surface area contributed by atoms with Crippen molar-refractivity contribution in [2.24, 2.45) is 0 Å². The minimum atomic E-state index is -0.559. The molecule has 0 fully saturated rings. The predicted octanol–water partition coefficient (Wildman–Crippen LogP) is 0.233. The maximum atomic E-state index is 11.9. The molecule has 0 bridgehead atoms. The van der Waals surface area contributed by atoms with Gasteiger partial charge in [-0.25, -0.2) is 0 Å². The second-order valence-electron chi connectivity index (χ2n) is 4.00. The van der Waals surface area contributed by atoms with Crippen LogP contribution in [0.15, 0.2) is 18.2 Å². The van der Waals surface area contributed by atoms with Crippen LogP contribution < -0.4 is 9.64 Å². The Kier molecular flexibility index (Phi) is 4.13. The molecule has 1 aromatic rings. The number of ketones is 1. The largest absolute Gasteiger partial charge is 0.497 e. The molecule has 1 aliphatic rings. The zero-order valence-corrected chi connectivity index (χ0v) is 10.6. The molecule has 0 spiro atoms. The SMILES string of the molecule is COc1ccc2c(c1)C(=O)C(=O)N2CCOCCO. The number of rotatable bonds is 6. The predicted molar refractivity (Wildman–Crippen MR) is 67.6 cm³/mol. The smallest absolute Gasteiger partial charge is 0.299 e. The zero-order chi connectivity index (χ0) is 13.8. The number of ether oxygens (including phenoxy) is 2. The van der Waals surface area contributed by atoms with Gasteiger partial charge in [0.25, 0.3) is 11.7 Å². The second-order valence-corrected chi connectivity index (χ2v) is 4.00. The molecule has 1 aliphatic heterocycles. The normalized spacial score (nSPS) is 13.9. The number of aliphatic hydroxyl groups excluding tert-OH is 1. The van der Waals surface area contributed by atoms with Gasteiger partial charge in [0.15, 0.2) is 0 Å². The lowest BCUT2D eigenvalue weighted by Crippen LogP contribution is -2.33. The van der Waals surface area contributed by atoms with E-state index in [4.69, 9.17) is 14.6 Å². The van der Waals surface area contributed by atoms with Crippen molar-refractivity contribution in [1.82, 2.24) is 0 Å². The van der Waals surface area contributed by atoms with Crippen LogP contribution in [0.5, 0.6) is 5.75 Å². The van der Waals surface area contributed by atoms with Crippen molar-refractivity contribution in [3.8, 4) is 5.75 Å². The summed E-state index contributed by atoms with van der Waals surface area (Å²) in [7, 11) is 1.50. The molecule has 0 aromatic heterocycles. The molecule has 0 radical (unpaired) electrons. The van der Waals surface area contributed by atoms with Gasteiger partial charge in [-0.05, 0) is 18.2 Å². The number of hydrogen-bond donors (Lipinski definition) is 1. The fraction of sp³-hybridized carbons (Fsp3) is 0.385. The van der Waals surface area contributed by atoms with Crippen molar-refractivity contribution in [3.63, 3.8) is 0 Å². The lowest BCUT2D eigenvalue weighted by molar-refractivity contribution is -0.114. The highest BCUT2D eigenvalue weighted by molar-refractivity contribution is 6.52. The van der Waals surface area contributed by atoms with Crippen molar-refractivity contribution in [2.45, 2.75) is 0 Å². The lowest BCUT2D eigenvalue weighted by Gasteiger charge is -2.16. The first-order valence-electron chi connectivity index (χ1n) is 5.92. The molecule has 0 unspecified atom stereocenters. The van der Waals surface area contributed by atoms with Gasteiger partial charge in [0.05, 0.1) is 38.2 Å². The van der Waals surface area contributed by atoms with Crippen LogP contribution in [-0.4, -0.2) is 50.3 Å². The number of benzene rings is 1. The van der Waals surface area contributed by atoms with E-state index in [0.717, 1.165) is 0 Å². The molecule has 2 rings (SSSR count). The molecule has 0 aliphatic carbocycles. The summed E-state index contributed by atoms with van der Waals surface area (Å²) in [5, 5.41) is 8.59. The minimum absolute atomic E-state index is 0.0688. The molecule has 1 amide bonds. The third kappa shape index (κ3) is 2.59. The molecule has 0 saturated carbocycles. The van der Waals surface area contributed by atoms with Crippen molar-refractivity contribution in [3.05, 3.63) is 23.8 Å². The zero-order valence-electron chi connectivity index (χ0n) is 10.6. The molecule has 19 heavy (non-hydrogen) atoms. The molecule has 0 saturated heterocycles. The third-order valence-corrected chi connectivity index (χ3v) is 2.87. The van der Waals surface area contributed by atoms with Gasteiger partial charge in [-0.1, -0.05) is 0 Å². The molecule has 1 aromatic carbocycles. The van der Waals surface area contributed by atoms with Gasteiger partial charge in [0, 0.05) is 6.54 Å². The van der Waals surface area contributed by atoms with E-state index in [-0.39, 0.29) is 26.4 Å². The maximum Gasteiger partial charge on any atom is 0.299 e. The van der Waals surface area contributed by atoms with Gasteiger partial charge < -0.3 is 19.5 Å². The van der Waals surface area contributed by atoms with Gasteiger partial charge in [-0.3, -0.25) is 9.59 Å². The van der Waals surface area contributed by atoms with Crippen LogP contribution in [0.1, 0.15) is 10.4 Å². The number of amides is 1. The van der Waals surface area contributed by atoms with Crippen LogP contribution in [-0.2, 0) is 9.53 Å². The van der Waals surface area contributed by atoms with Crippen LogP contribution in [0.4, 0.5) is 5.69 Å². The van der Waals surface area contributed by atoms with Crippen molar-refractivity contribution in [1.29, 1.82) is 0 Å². The molecule has 1 N–H and O–H groups in total. The number of anilines is 1. The number of carbonyl (C=O) groups excluding carboxylic acids is 2. The van der Waals surface area contributed by atoms with E-state index in [0.29, 0.717) is 17.0 Å². The number of aliphatic hydroxyl groups is 1. The number of hydrogen-bond acceptors (Lipinski definition) is 5. The van der Waals surface area contributed by atoms with Crippen LogP contribution in [0.25, 0.3) is 0 Å². The van der Waals surface area contributed by atoms with Crippen LogP contribution in [0, 0.1) is 0 Å². The van der Waals surface area contributed by atoms with E-state index in [1.807, 2.05) is 0 Å². The first kappa shape index (κ1) is 13.5. The highest BCUT2D eigenvalue weighted by Crippen LogP contribution is 2.31. The number of nitrogens with zero attached hydrogens (tertiary/aromatic N) is 1. The Balaban J connectivity index is 2.15. The van der Waals surface area contributed by atoms with Gasteiger partial charge >= 0.3 is 0 Å². The highest BCUT2D eigenvalue weighted by Gasteiger charge is 2.35. The monoisotopic (exact) mass is 265 g/mol. The molecule has 1 heterocycles. The van der Waals surface area contributed by atoms with Gasteiger partial charge in [0.2, 0.25) is 0 Å². The fourth-order valence-corrected chi connectivity index (χ4v) is 1.95. The Morgan fingerprint density at radius 3 is 2.74 bits per heavy atom. The summed E-state index contributed by atoms with van der Waals surface area (Å²) in [6, 6.07) is 4.94. The fourth-order valence-electron chi connectivity index (χ4n) is 1.95. The van der Waals surface area contributed by atoms with Crippen LogP contribution >= 0.6 is 0 Å². The lowest BCUT2D eigenvalue weighted by atomic mass is 10.1. The maximum absolute atomic E-state index is 11.9. The molecule has 0 atom stereocenters. The van der Waals surface area contributed by atoms with E-state index < -0.39 is 11.7 Å². The Morgan fingerprint density at radius 1 is 1.26 bits per heavy atom. The molecule has 6 nitrogen and oxygen atoms in total. The Bertz CT molecular complexity index is 500. The number of Topliss-reactive ketones (excluding diaryl/α,β-unsaturated/α-hetero) is 1. The minimum Gasteiger partial charge on any atom is -0.497 e. The van der Waals surface area contributed by atoms with Crippen molar-refractivity contribution in [2.75, 3.05) is 38.4 Å². The Hall–Kier alpha value is -1.92. The van der Waals surface area contributed by atoms with Crippen LogP contribution in [0.3, 0.4) is 0 Å². The average Bonchev–Trinajstić information content (AvgIpc) is 2.67. The summed E-state index contributed by atoms with van der Waals surface area (Å²) < 4.78 is 10.1. The summed E-state index contributed by atoms with van der Waals surface area (Å²) in [5.41, 5.74) is 0.926. The summed E-state index contributed by atoms with van der Waals surface area (Å²) in [5.74, 6) is -0.551. The van der Waals surface area contributed by atoms with Gasteiger partial charge in [-0.15, -0.1) is 0 Å². The van der Waals surface area contributed by atoms with E-state index in [1.165, 1.54) is 12.0 Å². The van der Waals surface area contributed by atoms with Gasteiger partial charge in [-0.2, -0.15) is 0 Å². The number of fused-ring (bicyclic) bond motifs is 1. The molecule has 102 valence electrons. The topological polar surface area (TPSA) is 76.1 Å². The van der Waals surface area contributed by atoms with E-state index in [1.54, 1.807) is 18.2 Å². The number of methoxy groups -OCH3 is 1. The first-order chi connectivity index (χ1) is 9.19. The summed E-state index contributed by atoms with van der Waals surface area (Å²) in [6.07, 6.45) is 0. The summed E-state index contributed by atoms with van der Waals surface area (Å²) >= 11 is 0. The standard InChI is InChI=1S/C13H15NO5/c1-18-9-2-3-11-10(8-9)12(16)13(17)14(11)4-6-19-7-5-15/h2-3,8,15H,4-7H2,1H3. The number of carbonyl (C=O) groups is 2. The first-order valence-corrected chi connectivity index (χ1v) is 5.92. The van der Waals surface area contributed by atoms with Crippen molar-refractivity contribution >= 4 is 17.4 Å². The molecule has 6 heteroatoms. The van der Waals surface area contributed by atoms with Crippen LogP contribution in [0.2, 0.25) is 0 Å². The summed E-state index contributed by atoms with van der Waals surface area (Å²) in [6.45, 7) is 0.695. The third-order valence-electron chi connectivity index (χ3n) is 2.87. The quantitative estimate of drug-likeness (QED) is 0.588. The van der Waals surface area contributed by atoms with Gasteiger partial charge in [0.1, 0.15) is 5.75 Å². The molecular weight excluding hydrogens is 250 g/mol. The highest BCUT2D eigenvalue weighted by atomic mass is 16.5.